The van der Waals surface area contributed by atoms with Crippen LogP contribution in [0.3, 0.4) is 0 Å². The van der Waals surface area contributed by atoms with Crippen LogP contribution in [0.4, 0.5) is 19.0 Å². The highest BCUT2D eigenvalue weighted by molar-refractivity contribution is 9.10. The van der Waals surface area contributed by atoms with Crippen LogP contribution in [0.1, 0.15) is 23.4 Å². The predicted octanol–water partition coefficient (Wildman–Crippen LogP) is 3.74. The first-order chi connectivity index (χ1) is 10.9. The van der Waals surface area contributed by atoms with Crippen LogP contribution < -0.4 is 4.90 Å². The van der Waals surface area contributed by atoms with Gasteiger partial charge in [0.25, 0.3) is 0 Å². The van der Waals surface area contributed by atoms with Crippen LogP contribution in [0.25, 0.3) is 0 Å². The van der Waals surface area contributed by atoms with Crippen molar-refractivity contribution < 1.29 is 18.0 Å². The van der Waals surface area contributed by atoms with Gasteiger partial charge in [-0.3, -0.25) is 9.69 Å². The minimum absolute atomic E-state index is 0.0133. The summed E-state index contributed by atoms with van der Waals surface area (Å²) in [6.07, 6.45) is -4.16. The Labute approximate surface area is 138 Å². The van der Waals surface area contributed by atoms with Crippen molar-refractivity contribution in [1.82, 2.24) is 9.97 Å². The molecule has 4 nitrogen and oxygen atoms in total. The Balaban J connectivity index is 2.05. The van der Waals surface area contributed by atoms with Gasteiger partial charge in [0.05, 0.1) is 12.2 Å². The van der Waals surface area contributed by atoms with Crippen molar-refractivity contribution in [3.05, 3.63) is 51.9 Å². The third-order valence-corrected chi connectivity index (χ3v) is 4.04. The van der Waals surface area contributed by atoms with Gasteiger partial charge >= 0.3 is 6.18 Å². The fourth-order valence-corrected chi connectivity index (χ4v) is 2.94. The van der Waals surface area contributed by atoms with E-state index in [9.17, 15) is 18.0 Å². The van der Waals surface area contributed by atoms with Crippen molar-refractivity contribution in [2.45, 2.75) is 25.6 Å². The lowest BCUT2D eigenvalue weighted by Gasteiger charge is -2.28. The number of aromatic nitrogens is 2. The van der Waals surface area contributed by atoms with E-state index < -0.39 is 11.9 Å². The fourth-order valence-electron chi connectivity index (χ4n) is 2.41. The van der Waals surface area contributed by atoms with Gasteiger partial charge in [-0.05, 0) is 21.5 Å². The topological polar surface area (TPSA) is 46.1 Å². The molecule has 1 amide bonds. The average Bonchev–Trinajstić information content (AvgIpc) is 2.50. The number of rotatable bonds is 2. The average molecular weight is 386 g/mol. The standard InChI is InChI=1S/C15H11BrF3N3O/c16-13-12(15(17,18)19)21-14-10(20-13)6-7-11(23)22(14)8-9-4-2-1-3-5-9/h1-5H,6-8H2. The largest absolute Gasteiger partial charge is 0.436 e. The monoisotopic (exact) mass is 385 g/mol. The van der Waals surface area contributed by atoms with Crippen molar-refractivity contribution in [2.24, 2.45) is 0 Å². The molecule has 0 spiro atoms. The third kappa shape index (κ3) is 3.21. The molecular weight excluding hydrogens is 375 g/mol. The molecule has 0 unspecified atom stereocenters. The third-order valence-electron chi connectivity index (χ3n) is 3.49. The van der Waals surface area contributed by atoms with Gasteiger partial charge in [-0.1, -0.05) is 30.3 Å². The fraction of sp³-hybridized carbons (Fsp3) is 0.267. The van der Waals surface area contributed by atoms with Crippen molar-refractivity contribution in [3.63, 3.8) is 0 Å². The number of hydrogen-bond acceptors (Lipinski definition) is 3. The van der Waals surface area contributed by atoms with E-state index in [-0.39, 0.29) is 35.7 Å². The van der Waals surface area contributed by atoms with Gasteiger partial charge in [0.1, 0.15) is 4.60 Å². The lowest BCUT2D eigenvalue weighted by molar-refractivity contribution is -0.142. The Morgan fingerprint density at radius 3 is 2.48 bits per heavy atom. The van der Waals surface area contributed by atoms with Crippen LogP contribution >= 0.6 is 15.9 Å². The first-order valence-corrected chi connectivity index (χ1v) is 7.63. The molecule has 0 bridgehead atoms. The first kappa shape index (κ1) is 15.9. The molecule has 0 atom stereocenters. The van der Waals surface area contributed by atoms with Crippen molar-refractivity contribution in [2.75, 3.05) is 4.90 Å². The van der Waals surface area contributed by atoms with Gasteiger partial charge in [-0.25, -0.2) is 9.97 Å². The number of aryl methyl sites for hydroxylation is 1. The molecule has 0 saturated heterocycles. The maximum atomic E-state index is 13.0. The molecule has 120 valence electrons. The molecule has 3 rings (SSSR count). The molecule has 2 aromatic rings. The number of halogens is 4. The SMILES string of the molecule is O=C1CCc2nc(Br)c(C(F)(F)F)nc2N1Cc1ccccc1. The Morgan fingerprint density at radius 1 is 1.13 bits per heavy atom. The minimum atomic E-state index is -4.64. The number of nitrogens with zero attached hydrogens (tertiary/aromatic N) is 3. The van der Waals surface area contributed by atoms with E-state index in [2.05, 4.69) is 25.9 Å². The molecule has 0 N–H and O–H groups in total. The summed E-state index contributed by atoms with van der Waals surface area (Å²) in [5.74, 6) is -0.272. The van der Waals surface area contributed by atoms with Gasteiger partial charge in [-0.2, -0.15) is 13.2 Å². The summed E-state index contributed by atoms with van der Waals surface area (Å²) in [6, 6.07) is 9.04. The molecule has 8 heteroatoms. The van der Waals surface area contributed by atoms with Crippen LogP contribution in [-0.4, -0.2) is 15.9 Å². The summed E-state index contributed by atoms with van der Waals surface area (Å²) in [5.41, 5.74) is 0.0800. The first-order valence-electron chi connectivity index (χ1n) is 6.84. The molecule has 0 radical (unpaired) electrons. The zero-order valence-electron chi connectivity index (χ0n) is 11.8. The summed E-state index contributed by atoms with van der Waals surface area (Å²) in [6.45, 7) is 0.167. The molecule has 23 heavy (non-hydrogen) atoms. The smallest absolute Gasteiger partial charge is 0.291 e. The van der Waals surface area contributed by atoms with E-state index >= 15 is 0 Å². The van der Waals surface area contributed by atoms with Gasteiger partial charge in [0.15, 0.2) is 11.5 Å². The van der Waals surface area contributed by atoms with E-state index in [1.165, 1.54) is 4.90 Å². The van der Waals surface area contributed by atoms with Crippen LogP contribution in [0, 0.1) is 0 Å². The molecule has 1 aliphatic rings. The van der Waals surface area contributed by atoms with E-state index in [1.807, 2.05) is 6.07 Å². The summed E-state index contributed by atoms with van der Waals surface area (Å²) < 4.78 is 38.8. The molecular formula is C15H11BrF3N3O. The summed E-state index contributed by atoms with van der Waals surface area (Å²) in [4.78, 5) is 21.1. The zero-order valence-corrected chi connectivity index (χ0v) is 13.4. The molecule has 0 fully saturated rings. The highest BCUT2D eigenvalue weighted by atomic mass is 79.9. The molecule has 0 aliphatic carbocycles. The summed E-state index contributed by atoms with van der Waals surface area (Å²) >= 11 is 2.82. The van der Waals surface area contributed by atoms with Gasteiger partial charge < -0.3 is 0 Å². The highest BCUT2D eigenvalue weighted by Gasteiger charge is 2.39. The number of fused-ring (bicyclic) bond motifs is 1. The Kier molecular flexibility index (Phi) is 4.09. The Bertz CT molecular complexity index is 750. The lowest BCUT2D eigenvalue weighted by Crippen LogP contribution is -2.36. The zero-order chi connectivity index (χ0) is 16.6. The second kappa shape index (κ2) is 5.92. The number of alkyl halides is 3. The molecule has 1 aromatic carbocycles. The van der Waals surface area contributed by atoms with Gasteiger partial charge in [0.2, 0.25) is 5.91 Å². The van der Waals surface area contributed by atoms with E-state index in [0.29, 0.717) is 5.69 Å². The number of anilines is 1. The van der Waals surface area contributed by atoms with Crippen LogP contribution in [0.5, 0.6) is 0 Å². The number of amides is 1. The van der Waals surface area contributed by atoms with E-state index in [1.54, 1.807) is 24.3 Å². The van der Waals surface area contributed by atoms with Gasteiger partial charge in [-0.15, -0.1) is 0 Å². The second-order valence-corrected chi connectivity index (χ2v) is 5.85. The maximum absolute atomic E-state index is 13.0. The van der Waals surface area contributed by atoms with Crippen molar-refractivity contribution in [1.29, 1.82) is 0 Å². The molecule has 0 saturated carbocycles. The second-order valence-electron chi connectivity index (χ2n) is 5.10. The minimum Gasteiger partial charge on any atom is -0.291 e. The highest BCUT2D eigenvalue weighted by Crippen LogP contribution is 2.36. The summed E-state index contributed by atoms with van der Waals surface area (Å²) in [5, 5.41) is 0. The predicted molar refractivity (Wildman–Crippen MR) is 80.7 cm³/mol. The number of carbonyl (C=O) groups is 1. The van der Waals surface area contributed by atoms with Crippen LogP contribution in [-0.2, 0) is 23.9 Å². The van der Waals surface area contributed by atoms with Gasteiger partial charge in [0, 0.05) is 12.8 Å². The number of hydrogen-bond donors (Lipinski definition) is 0. The molecule has 1 aliphatic heterocycles. The molecule has 1 aromatic heterocycles. The number of benzene rings is 1. The Morgan fingerprint density at radius 2 is 1.83 bits per heavy atom. The normalized spacial score (nSPS) is 14.8. The quantitative estimate of drug-likeness (QED) is 0.790. The van der Waals surface area contributed by atoms with Crippen molar-refractivity contribution >= 4 is 27.7 Å². The van der Waals surface area contributed by atoms with Crippen LogP contribution in [0.2, 0.25) is 0 Å². The molecule has 2 heterocycles. The number of carbonyl (C=O) groups excluding carboxylic acids is 1. The maximum Gasteiger partial charge on any atom is 0.436 e. The summed E-state index contributed by atoms with van der Waals surface area (Å²) in [7, 11) is 0. The Hall–Kier alpha value is -1.96. The van der Waals surface area contributed by atoms with Crippen molar-refractivity contribution in [3.8, 4) is 0 Å². The van der Waals surface area contributed by atoms with E-state index in [4.69, 9.17) is 0 Å². The van der Waals surface area contributed by atoms with E-state index in [0.717, 1.165) is 5.56 Å². The lowest BCUT2D eigenvalue weighted by atomic mass is 10.1. The van der Waals surface area contributed by atoms with Crippen LogP contribution in [0.15, 0.2) is 34.9 Å².